The van der Waals surface area contributed by atoms with Crippen LogP contribution in [0.3, 0.4) is 0 Å². The van der Waals surface area contributed by atoms with Crippen LogP contribution in [0.25, 0.3) is 0 Å². The molecule has 0 atom stereocenters. The van der Waals surface area contributed by atoms with E-state index in [0.717, 1.165) is 0 Å². The Balaban J connectivity index is 2.43. The van der Waals surface area contributed by atoms with Crippen molar-refractivity contribution in [1.29, 1.82) is 0 Å². The molecule has 0 amide bonds. The molecule has 7 nitrogen and oxygen atoms in total. The van der Waals surface area contributed by atoms with E-state index in [1.165, 1.54) is 19.2 Å². The van der Waals surface area contributed by atoms with E-state index >= 15 is 0 Å². The first-order valence-electron chi connectivity index (χ1n) is 4.40. The molecule has 1 rings (SSSR count). The van der Waals surface area contributed by atoms with Crippen molar-refractivity contribution < 1.29 is 24.5 Å². The molecule has 1 N–H and O–H groups in total. The van der Waals surface area contributed by atoms with Crippen molar-refractivity contribution in [3.63, 3.8) is 0 Å². The summed E-state index contributed by atoms with van der Waals surface area (Å²) in [5.74, 6) is 0.648. The third kappa shape index (κ3) is 3.52. The lowest BCUT2D eigenvalue weighted by atomic mass is 10.3. The maximum atomic E-state index is 9.82. The number of phenolic OH excluding ortho intramolecular Hbond substituents is 1. The summed E-state index contributed by atoms with van der Waals surface area (Å²) in [7, 11) is 1.43. The fourth-order valence-electron chi connectivity index (χ4n) is 1.03. The van der Waals surface area contributed by atoms with Crippen LogP contribution in [0.4, 0.5) is 0 Å². The summed E-state index contributed by atoms with van der Waals surface area (Å²) in [6.45, 7) is -0.146. The van der Waals surface area contributed by atoms with E-state index < -0.39 is 5.09 Å². The van der Waals surface area contributed by atoms with Crippen molar-refractivity contribution in [2.75, 3.05) is 20.3 Å². The second kappa shape index (κ2) is 5.64. The Morgan fingerprint density at radius 3 is 2.75 bits per heavy atom. The molecule has 1 aromatic carbocycles. The molecule has 0 aliphatic rings. The third-order valence-electron chi connectivity index (χ3n) is 1.70. The number of hydrogen-bond donors (Lipinski definition) is 1. The fraction of sp³-hybridized carbons (Fsp3) is 0.333. The van der Waals surface area contributed by atoms with Gasteiger partial charge in [-0.2, -0.15) is 0 Å². The van der Waals surface area contributed by atoms with Gasteiger partial charge in [0.15, 0.2) is 11.5 Å². The molecule has 0 fully saturated rings. The summed E-state index contributed by atoms with van der Waals surface area (Å²) in [5, 5.41) is 18.3. The van der Waals surface area contributed by atoms with Gasteiger partial charge in [0.25, 0.3) is 5.09 Å². The van der Waals surface area contributed by atoms with E-state index in [-0.39, 0.29) is 19.0 Å². The monoisotopic (exact) mass is 229 g/mol. The van der Waals surface area contributed by atoms with Crippen molar-refractivity contribution in [2.24, 2.45) is 0 Å². The molecule has 0 aromatic heterocycles. The molecule has 0 aliphatic heterocycles. The Morgan fingerprint density at radius 2 is 2.19 bits per heavy atom. The summed E-state index contributed by atoms with van der Waals surface area (Å²) in [6.07, 6.45) is 0. The van der Waals surface area contributed by atoms with Crippen molar-refractivity contribution in [3.8, 4) is 17.2 Å². The van der Waals surface area contributed by atoms with Gasteiger partial charge in [-0.1, -0.05) is 0 Å². The maximum absolute atomic E-state index is 9.82. The molecule has 0 radical (unpaired) electrons. The third-order valence-corrected chi connectivity index (χ3v) is 1.70. The SMILES string of the molecule is COc1ccc(OCCO[N+](=O)[O-])cc1O. The maximum Gasteiger partial charge on any atom is 0.294 e. The average Bonchev–Trinajstić information content (AvgIpc) is 2.24. The molecular weight excluding hydrogens is 218 g/mol. The molecule has 1 aromatic rings. The zero-order chi connectivity index (χ0) is 12.0. The number of benzene rings is 1. The Bertz CT molecular complexity index is 367. The number of nitrogens with zero attached hydrogens (tertiary/aromatic N) is 1. The minimum Gasteiger partial charge on any atom is -0.504 e. The smallest absolute Gasteiger partial charge is 0.294 e. The quantitative estimate of drug-likeness (QED) is 0.444. The molecule has 88 valence electrons. The van der Waals surface area contributed by atoms with Gasteiger partial charge in [0.2, 0.25) is 0 Å². The highest BCUT2D eigenvalue weighted by Crippen LogP contribution is 2.29. The Morgan fingerprint density at radius 1 is 1.44 bits per heavy atom. The normalized spacial score (nSPS) is 9.56. The summed E-state index contributed by atoms with van der Waals surface area (Å²) in [6, 6.07) is 4.45. The molecule has 0 heterocycles. The van der Waals surface area contributed by atoms with E-state index in [1.807, 2.05) is 0 Å². The number of phenols is 1. The number of hydrogen-bond acceptors (Lipinski definition) is 6. The first kappa shape index (κ1) is 11.9. The molecule has 0 saturated carbocycles. The van der Waals surface area contributed by atoms with Crippen LogP contribution in [-0.2, 0) is 4.84 Å². The van der Waals surface area contributed by atoms with Gasteiger partial charge in [-0.05, 0) is 12.1 Å². The van der Waals surface area contributed by atoms with Crippen LogP contribution >= 0.6 is 0 Å². The van der Waals surface area contributed by atoms with Crippen LogP contribution in [0.5, 0.6) is 17.2 Å². The van der Waals surface area contributed by atoms with Gasteiger partial charge >= 0.3 is 0 Å². The Kier molecular flexibility index (Phi) is 4.19. The molecule has 0 spiro atoms. The minimum atomic E-state index is -0.894. The van der Waals surface area contributed by atoms with Gasteiger partial charge < -0.3 is 19.4 Å². The summed E-state index contributed by atoms with van der Waals surface area (Å²) >= 11 is 0. The Labute approximate surface area is 91.3 Å². The molecular formula is C9H11NO6. The van der Waals surface area contributed by atoms with E-state index in [2.05, 4.69) is 4.84 Å². The number of aromatic hydroxyl groups is 1. The highest BCUT2D eigenvalue weighted by molar-refractivity contribution is 5.44. The van der Waals surface area contributed by atoms with Crippen LogP contribution in [0.2, 0.25) is 0 Å². The van der Waals surface area contributed by atoms with Crippen molar-refractivity contribution in [2.45, 2.75) is 0 Å². The summed E-state index contributed by atoms with van der Waals surface area (Å²) in [5.41, 5.74) is 0. The predicted molar refractivity (Wildman–Crippen MR) is 53.1 cm³/mol. The van der Waals surface area contributed by atoms with Crippen LogP contribution in [0, 0.1) is 10.1 Å². The van der Waals surface area contributed by atoms with Crippen LogP contribution < -0.4 is 9.47 Å². The standard InChI is InChI=1S/C9H11NO6/c1-14-9-3-2-7(6-8(9)11)15-4-5-16-10(12)13/h2-3,6,11H,4-5H2,1H3. The van der Waals surface area contributed by atoms with E-state index in [0.29, 0.717) is 11.5 Å². The molecule has 0 unspecified atom stereocenters. The van der Waals surface area contributed by atoms with Crippen LogP contribution in [-0.4, -0.2) is 30.5 Å². The highest BCUT2D eigenvalue weighted by Gasteiger charge is 2.03. The summed E-state index contributed by atoms with van der Waals surface area (Å²) in [4.78, 5) is 13.9. The second-order valence-corrected chi connectivity index (χ2v) is 2.74. The minimum absolute atomic E-state index is 0.0206. The van der Waals surface area contributed by atoms with E-state index in [4.69, 9.17) is 9.47 Å². The molecule has 0 saturated heterocycles. The zero-order valence-corrected chi connectivity index (χ0v) is 8.58. The molecule has 7 heteroatoms. The van der Waals surface area contributed by atoms with Gasteiger partial charge in [-0.15, -0.1) is 10.1 Å². The van der Waals surface area contributed by atoms with Gasteiger partial charge in [0.1, 0.15) is 19.0 Å². The van der Waals surface area contributed by atoms with Crippen molar-refractivity contribution >= 4 is 0 Å². The van der Waals surface area contributed by atoms with Gasteiger partial charge in [-0.25, -0.2) is 0 Å². The van der Waals surface area contributed by atoms with E-state index in [9.17, 15) is 15.2 Å². The second-order valence-electron chi connectivity index (χ2n) is 2.74. The first-order valence-corrected chi connectivity index (χ1v) is 4.40. The Hall–Kier alpha value is -2.18. The predicted octanol–water partition coefficient (Wildman–Crippen LogP) is 0.988. The summed E-state index contributed by atoms with van der Waals surface area (Å²) < 4.78 is 9.93. The lowest BCUT2D eigenvalue weighted by Gasteiger charge is -2.07. The van der Waals surface area contributed by atoms with Crippen molar-refractivity contribution in [1.82, 2.24) is 0 Å². The number of rotatable bonds is 6. The average molecular weight is 229 g/mol. The van der Waals surface area contributed by atoms with Crippen molar-refractivity contribution in [3.05, 3.63) is 28.3 Å². The van der Waals surface area contributed by atoms with Gasteiger partial charge in [-0.3, -0.25) is 0 Å². The number of methoxy groups -OCH3 is 1. The van der Waals surface area contributed by atoms with Crippen LogP contribution in [0.15, 0.2) is 18.2 Å². The van der Waals surface area contributed by atoms with Crippen LogP contribution in [0.1, 0.15) is 0 Å². The number of ether oxygens (including phenoxy) is 2. The fourth-order valence-corrected chi connectivity index (χ4v) is 1.03. The lowest BCUT2D eigenvalue weighted by molar-refractivity contribution is -0.757. The molecule has 16 heavy (non-hydrogen) atoms. The van der Waals surface area contributed by atoms with E-state index in [1.54, 1.807) is 6.07 Å². The topological polar surface area (TPSA) is 91.1 Å². The largest absolute Gasteiger partial charge is 0.504 e. The lowest BCUT2D eigenvalue weighted by Crippen LogP contribution is -2.10. The van der Waals surface area contributed by atoms with Gasteiger partial charge in [0, 0.05) is 6.07 Å². The molecule has 0 bridgehead atoms. The zero-order valence-electron chi connectivity index (χ0n) is 8.58. The first-order chi connectivity index (χ1) is 7.63. The molecule has 0 aliphatic carbocycles. The van der Waals surface area contributed by atoms with Gasteiger partial charge in [0.05, 0.1) is 7.11 Å². The highest BCUT2D eigenvalue weighted by atomic mass is 17.0.